The van der Waals surface area contributed by atoms with Crippen LogP contribution in [0.3, 0.4) is 0 Å². The average Bonchev–Trinajstić information content (AvgIpc) is 2.66. The lowest BCUT2D eigenvalue weighted by Gasteiger charge is -2.01. The molecule has 0 spiro atoms. The molecule has 0 aliphatic carbocycles. The molecule has 0 bridgehead atoms. The number of aromatic carboxylic acids is 2. The Morgan fingerprint density at radius 2 is 1.41 bits per heavy atom. The largest absolute Gasteiger partial charge is 0.478 e. The standard InChI is InChI=1S/C10H6BrNO2.C10H7NO3.CH4/c11-9-5-7(10(13)14)6-3-1-2-4-8(6)12-9;12-9-5-7(10(13)14)6-3-1-2-4-8(6)11-9;/h1-5H,(H,13,14);1-5H,(H,11,12)(H,13,14);1H4. The summed E-state index contributed by atoms with van der Waals surface area (Å²) < 4.78 is 0.536. The maximum atomic E-state index is 11.1. The number of benzene rings is 2. The molecule has 0 aliphatic heterocycles. The van der Waals surface area contributed by atoms with Crippen LogP contribution < -0.4 is 5.56 Å². The fourth-order valence-electron chi connectivity index (χ4n) is 2.70. The van der Waals surface area contributed by atoms with Crippen molar-refractivity contribution in [2.75, 3.05) is 0 Å². The van der Waals surface area contributed by atoms with E-state index in [1.807, 2.05) is 6.07 Å². The Kier molecular flexibility index (Phi) is 6.84. The molecule has 2 aromatic heterocycles. The first kappa shape index (κ1) is 21.8. The SMILES string of the molecule is C.O=C(O)c1cc(=O)[nH]c2ccccc12.O=C(O)c1cc(Br)nc2ccccc12. The van der Waals surface area contributed by atoms with E-state index in [2.05, 4.69) is 25.9 Å². The number of aromatic nitrogens is 2. The van der Waals surface area contributed by atoms with Crippen molar-refractivity contribution < 1.29 is 19.8 Å². The maximum Gasteiger partial charge on any atom is 0.336 e. The maximum absolute atomic E-state index is 11.1. The third-order valence-electron chi connectivity index (χ3n) is 3.90. The highest BCUT2D eigenvalue weighted by Gasteiger charge is 2.10. The van der Waals surface area contributed by atoms with Crippen molar-refractivity contribution >= 4 is 49.7 Å². The molecule has 0 radical (unpaired) electrons. The van der Waals surface area contributed by atoms with Gasteiger partial charge in [0, 0.05) is 22.4 Å². The van der Waals surface area contributed by atoms with E-state index in [9.17, 15) is 14.4 Å². The molecule has 0 amide bonds. The van der Waals surface area contributed by atoms with Crippen LogP contribution in [0.1, 0.15) is 28.1 Å². The van der Waals surface area contributed by atoms with Gasteiger partial charge in [-0.2, -0.15) is 0 Å². The van der Waals surface area contributed by atoms with Gasteiger partial charge in [0.2, 0.25) is 5.56 Å². The Bertz CT molecular complexity index is 1270. The molecule has 7 nitrogen and oxygen atoms in total. The van der Waals surface area contributed by atoms with Crippen molar-refractivity contribution in [1.82, 2.24) is 9.97 Å². The van der Waals surface area contributed by atoms with E-state index in [1.165, 1.54) is 6.07 Å². The zero-order valence-corrected chi connectivity index (χ0v) is 15.8. The summed E-state index contributed by atoms with van der Waals surface area (Å²) in [5.41, 5.74) is 1.12. The number of rotatable bonds is 2. The number of nitrogens with one attached hydrogen (secondary N) is 1. The Hall–Kier alpha value is -3.52. The van der Waals surface area contributed by atoms with Gasteiger partial charge in [-0.05, 0) is 34.1 Å². The van der Waals surface area contributed by atoms with Crippen LogP contribution >= 0.6 is 15.9 Å². The molecule has 2 aromatic carbocycles. The van der Waals surface area contributed by atoms with Crippen molar-refractivity contribution in [3.05, 3.63) is 86.7 Å². The van der Waals surface area contributed by atoms with Crippen molar-refractivity contribution in [2.24, 2.45) is 0 Å². The Morgan fingerprint density at radius 3 is 2.07 bits per heavy atom. The summed E-state index contributed by atoms with van der Waals surface area (Å²) in [5, 5.41) is 19.0. The van der Waals surface area contributed by atoms with Gasteiger partial charge in [-0.15, -0.1) is 0 Å². The normalized spacial score (nSPS) is 9.97. The lowest BCUT2D eigenvalue weighted by molar-refractivity contribution is 0.0688. The summed E-state index contributed by atoms with van der Waals surface area (Å²) in [7, 11) is 0. The number of hydrogen-bond acceptors (Lipinski definition) is 4. The molecule has 0 unspecified atom stereocenters. The number of H-pyrrole nitrogens is 1. The van der Waals surface area contributed by atoms with Gasteiger partial charge < -0.3 is 15.2 Å². The first-order valence-electron chi connectivity index (χ1n) is 8.01. The second-order valence-electron chi connectivity index (χ2n) is 5.71. The van der Waals surface area contributed by atoms with Crippen LogP contribution in [-0.2, 0) is 0 Å². The first-order chi connectivity index (χ1) is 13.4. The van der Waals surface area contributed by atoms with Gasteiger partial charge in [-0.3, -0.25) is 4.79 Å². The van der Waals surface area contributed by atoms with Crippen molar-refractivity contribution in [1.29, 1.82) is 0 Å². The highest BCUT2D eigenvalue weighted by atomic mass is 79.9. The van der Waals surface area contributed by atoms with Crippen LogP contribution in [0.15, 0.2) is 70.1 Å². The quantitative estimate of drug-likeness (QED) is 0.380. The van der Waals surface area contributed by atoms with Crippen LogP contribution in [0, 0.1) is 0 Å². The highest BCUT2D eigenvalue weighted by molar-refractivity contribution is 9.10. The molecular weight excluding hydrogens is 440 g/mol. The van der Waals surface area contributed by atoms with E-state index < -0.39 is 17.5 Å². The number of nitrogens with zero attached hydrogens (tertiary/aromatic N) is 1. The van der Waals surface area contributed by atoms with Gasteiger partial charge >= 0.3 is 11.9 Å². The molecule has 148 valence electrons. The van der Waals surface area contributed by atoms with Gasteiger partial charge in [0.1, 0.15) is 4.60 Å². The lowest BCUT2D eigenvalue weighted by atomic mass is 10.1. The van der Waals surface area contributed by atoms with E-state index >= 15 is 0 Å². The highest BCUT2D eigenvalue weighted by Crippen LogP contribution is 2.20. The first-order valence-corrected chi connectivity index (χ1v) is 8.80. The van der Waals surface area contributed by atoms with E-state index in [0.717, 1.165) is 6.07 Å². The minimum Gasteiger partial charge on any atom is -0.478 e. The van der Waals surface area contributed by atoms with Gasteiger partial charge in [0.15, 0.2) is 0 Å². The molecule has 0 atom stereocenters. The number of carboxylic acids is 2. The summed E-state index contributed by atoms with van der Waals surface area (Å²) >= 11 is 3.18. The van der Waals surface area contributed by atoms with Gasteiger partial charge in [0.25, 0.3) is 0 Å². The zero-order chi connectivity index (χ0) is 20.3. The number of fused-ring (bicyclic) bond motifs is 2. The average molecular weight is 457 g/mol. The Labute approximate surface area is 173 Å². The number of pyridine rings is 2. The summed E-state index contributed by atoms with van der Waals surface area (Å²) in [6.07, 6.45) is 0. The molecule has 0 aliphatic rings. The number of aromatic amines is 1. The topological polar surface area (TPSA) is 120 Å². The molecule has 3 N–H and O–H groups in total. The van der Waals surface area contributed by atoms with Gasteiger partial charge in [0.05, 0.1) is 16.6 Å². The lowest BCUT2D eigenvalue weighted by Crippen LogP contribution is -2.09. The van der Waals surface area contributed by atoms with E-state index in [-0.39, 0.29) is 18.6 Å². The molecule has 0 fully saturated rings. The minimum absolute atomic E-state index is 0. The van der Waals surface area contributed by atoms with E-state index in [1.54, 1.807) is 42.5 Å². The number of halogens is 1. The molecule has 8 heteroatoms. The molecule has 29 heavy (non-hydrogen) atoms. The smallest absolute Gasteiger partial charge is 0.336 e. The second-order valence-corrected chi connectivity index (χ2v) is 6.53. The second kappa shape index (κ2) is 9.11. The number of carboxylic acid groups (broad SMARTS) is 2. The fraction of sp³-hybridized carbons (Fsp3) is 0.0476. The third kappa shape index (κ3) is 4.85. The van der Waals surface area contributed by atoms with Crippen molar-refractivity contribution in [3.63, 3.8) is 0 Å². The van der Waals surface area contributed by atoms with E-state index in [0.29, 0.717) is 26.4 Å². The monoisotopic (exact) mass is 456 g/mol. The van der Waals surface area contributed by atoms with Gasteiger partial charge in [-0.25, -0.2) is 14.6 Å². The van der Waals surface area contributed by atoms with Crippen LogP contribution in [0.5, 0.6) is 0 Å². The molecule has 0 saturated carbocycles. The zero-order valence-electron chi connectivity index (χ0n) is 14.2. The van der Waals surface area contributed by atoms with Crippen LogP contribution in [0.2, 0.25) is 0 Å². The minimum atomic E-state index is -1.09. The summed E-state index contributed by atoms with van der Waals surface area (Å²) in [5.74, 6) is -2.03. The van der Waals surface area contributed by atoms with Crippen LogP contribution in [0.4, 0.5) is 0 Å². The number of para-hydroxylation sites is 2. The number of carbonyl (C=O) groups is 2. The van der Waals surface area contributed by atoms with Gasteiger partial charge in [-0.1, -0.05) is 43.8 Å². The van der Waals surface area contributed by atoms with Crippen molar-refractivity contribution in [2.45, 2.75) is 7.43 Å². The van der Waals surface area contributed by atoms with E-state index in [4.69, 9.17) is 10.2 Å². The molecule has 2 heterocycles. The van der Waals surface area contributed by atoms with Crippen LogP contribution in [-0.4, -0.2) is 32.1 Å². The molecule has 4 rings (SSSR count). The van der Waals surface area contributed by atoms with Crippen molar-refractivity contribution in [3.8, 4) is 0 Å². The summed E-state index contributed by atoms with van der Waals surface area (Å²) in [4.78, 5) is 39.6. The predicted molar refractivity (Wildman–Crippen MR) is 115 cm³/mol. The summed E-state index contributed by atoms with van der Waals surface area (Å²) in [6.45, 7) is 0. The molecule has 0 saturated heterocycles. The number of hydrogen-bond donors (Lipinski definition) is 3. The Morgan fingerprint density at radius 1 is 0.862 bits per heavy atom. The van der Waals surface area contributed by atoms with Crippen LogP contribution in [0.25, 0.3) is 21.8 Å². The Balaban J connectivity index is 0.000000200. The predicted octanol–water partition coefficient (Wildman–Crippen LogP) is 4.56. The third-order valence-corrected chi connectivity index (χ3v) is 4.30. The molecular formula is C21H17BrN2O5. The fourth-order valence-corrected chi connectivity index (χ4v) is 3.12. The molecule has 4 aromatic rings. The summed E-state index contributed by atoms with van der Waals surface area (Å²) in [6, 6.07) is 16.5.